The molecule has 1 amide bonds. The van der Waals surface area contributed by atoms with Crippen molar-refractivity contribution in [3.8, 4) is 0 Å². The molecule has 2 heterocycles. The smallest absolute Gasteiger partial charge is 0.270 e. The van der Waals surface area contributed by atoms with Crippen molar-refractivity contribution < 1.29 is 4.79 Å². The largest absolute Gasteiger partial charge is 0.361 e. The van der Waals surface area contributed by atoms with Gasteiger partial charge in [0.25, 0.3) is 5.91 Å². The molecule has 0 spiro atoms. The number of fused-ring (bicyclic) bond motifs is 1. The number of carbonyl (C=O) groups excluding carboxylic acids is 1. The van der Waals surface area contributed by atoms with Gasteiger partial charge in [-0.2, -0.15) is 0 Å². The summed E-state index contributed by atoms with van der Waals surface area (Å²) in [5, 5.41) is 4.00. The lowest BCUT2D eigenvalue weighted by molar-refractivity contribution is 0.0924. The van der Waals surface area contributed by atoms with Gasteiger partial charge in [-0.25, -0.2) is 0 Å². The zero-order chi connectivity index (χ0) is 12.4. The Morgan fingerprint density at radius 1 is 1.28 bits per heavy atom. The Morgan fingerprint density at radius 2 is 2.11 bits per heavy atom. The summed E-state index contributed by atoms with van der Waals surface area (Å²) in [7, 11) is 0. The molecule has 1 aliphatic rings. The van der Waals surface area contributed by atoms with Crippen LogP contribution >= 0.6 is 0 Å². The molecule has 0 atom stereocenters. The van der Waals surface area contributed by atoms with Crippen LogP contribution in [0.1, 0.15) is 42.6 Å². The Balaban J connectivity index is 1.81. The Morgan fingerprint density at radius 3 is 2.94 bits per heavy atom. The van der Waals surface area contributed by atoms with Crippen molar-refractivity contribution in [3.05, 3.63) is 30.2 Å². The van der Waals surface area contributed by atoms with Crippen LogP contribution in [0.2, 0.25) is 0 Å². The summed E-state index contributed by atoms with van der Waals surface area (Å²) in [5.41, 5.74) is 1.48. The summed E-state index contributed by atoms with van der Waals surface area (Å²) in [5.74, 6) is -0.0490. The number of aromatic nitrogens is 2. The summed E-state index contributed by atoms with van der Waals surface area (Å²) in [6.07, 6.45) is 9.42. The number of amides is 1. The highest BCUT2D eigenvalue weighted by Gasteiger charge is 2.18. The molecule has 4 heteroatoms. The fourth-order valence-corrected chi connectivity index (χ4v) is 2.66. The molecule has 0 aliphatic heterocycles. The second-order valence-corrected chi connectivity index (χ2v) is 4.91. The topological polar surface area (TPSA) is 57.8 Å². The second-order valence-electron chi connectivity index (χ2n) is 4.91. The molecule has 0 saturated heterocycles. The molecule has 0 radical (unpaired) electrons. The third-order valence-corrected chi connectivity index (χ3v) is 3.63. The van der Waals surface area contributed by atoms with E-state index in [-0.39, 0.29) is 5.91 Å². The average Bonchev–Trinajstić information content (AvgIpc) is 2.87. The number of nitrogens with one attached hydrogen (secondary N) is 2. The predicted octanol–water partition coefficient (Wildman–Crippen LogP) is 2.63. The van der Waals surface area contributed by atoms with Crippen LogP contribution < -0.4 is 5.32 Å². The van der Waals surface area contributed by atoms with E-state index in [1.54, 1.807) is 6.20 Å². The van der Waals surface area contributed by atoms with E-state index >= 15 is 0 Å². The predicted molar refractivity (Wildman–Crippen MR) is 70.4 cm³/mol. The molecule has 3 rings (SSSR count). The molecule has 4 nitrogen and oxygen atoms in total. The summed E-state index contributed by atoms with van der Waals surface area (Å²) in [4.78, 5) is 19.5. The van der Waals surface area contributed by atoms with Gasteiger partial charge in [-0.3, -0.25) is 9.78 Å². The van der Waals surface area contributed by atoms with Crippen LogP contribution in [-0.2, 0) is 0 Å². The summed E-state index contributed by atoms with van der Waals surface area (Å²) in [6.45, 7) is 0. The van der Waals surface area contributed by atoms with Gasteiger partial charge in [0.15, 0.2) is 0 Å². The number of hydrogen-bond donors (Lipinski definition) is 2. The van der Waals surface area contributed by atoms with Gasteiger partial charge >= 0.3 is 0 Å². The molecule has 2 aromatic heterocycles. The van der Waals surface area contributed by atoms with Crippen molar-refractivity contribution in [2.75, 3.05) is 0 Å². The summed E-state index contributed by atoms with van der Waals surface area (Å²) < 4.78 is 0. The maximum Gasteiger partial charge on any atom is 0.270 e. The van der Waals surface area contributed by atoms with Crippen LogP contribution in [0, 0.1) is 0 Å². The number of pyridine rings is 1. The first-order chi connectivity index (χ1) is 8.84. The van der Waals surface area contributed by atoms with E-state index in [2.05, 4.69) is 15.3 Å². The lowest BCUT2D eigenvalue weighted by Gasteiger charge is -2.22. The zero-order valence-electron chi connectivity index (χ0n) is 10.3. The third-order valence-electron chi connectivity index (χ3n) is 3.63. The van der Waals surface area contributed by atoms with Crippen molar-refractivity contribution in [2.45, 2.75) is 38.1 Å². The van der Waals surface area contributed by atoms with Gasteiger partial charge in [0.05, 0.1) is 0 Å². The lowest BCUT2D eigenvalue weighted by atomic mass is 9.95. The Labute approximate surface area is 106 Å². The summed E-state index contributed by atoms with van der Waals surface area (Å²) in [6, 6.07) is 4.10. The molecule has 1 aliphatic carbocycles. The van der Waals surface area contributed by atoms with Gasteiger partial charge in [0.2, 0.25) is 0 Å². The summed E-state index contributed by atoms with van der Waals surface area (Å²) >= 11 is 0. The van der Waals surface area contributed by atoms with E-state index in [4.69, 9.17) is 0 Å². The third kappa shape index (κ3) is 2.10. The fraction of sp³-hybridized carbons (Fsp3) is 0.429. The zero-order valence-corrected chi connectivity index (χ0v) is 10.3. The molecule has 18 heavy (non-hydrogen) atoms. The SMILES string of the molecule is O=C(NC1CCCCC1)c1nccc2[nH]ccc12. The van der Waals surface area contributed by atoms with Crippen molar-refractivity contribution in [3.63, 3.8) is 0 Å². The first-order valence-electron chi connectivity index (χ1n) is 6.57. The highest BCUT2D eigenvalue weighted by molar-refractivity contribution is 6.04. The first kappa shape index (κ1) is 11.3. The fourth-order valence-electron chi connectivity index (χ4n) is 2.66. The monoisotopic (exact) mass is 243 g/mol. The maximum atomic E-state index is 12.2. The minimum absolute atomic E-state index is 0.0490. The average molecular weight is 243 g/mol. The Bertz CT molecular complexity index is 555. The lowest BCUT2D eigenvalue weighted by Crippen LogP contribution is -2.36. The van der Waals surface area contributed by atoms with Crippen LogP contribution in [-0.4, -0.2) is 21.9 Å². The number of hydrogen-bond acceptors (Lipinski definition) is 2. The number of aromatic amines is 1. The molecule has 1 fully saturated rings. The minimum Gasteiger partial charge on any atom is -0.361 e. The highest BCUT2D eigenvalue weighted by atomic mass is 16.1. The van der Waals surface area contributed by atoms with Crippen LogP contribution in [0.4, 0.5) is 0 Å². The van der Waals surface area contributed by atoms with Crippen molar-refractivity contribution in [1.29, 1.82) is 0 Å². The van der Waals surface area contributed by atoms with E-state index < -0.39 is 0 Å². The molecule has 2 aromatic rings. The normalized spacial score (nSPS) is 16.9. The molecular formula is C14H17N3O. The van der Waals surface area contributed by atoms with Crippen LogP contribution in [0.25, 0.3) is 10.9 Å². The van der Waals surface area contributed by atoms with E-state index in [9.17, 15) is 4.79 Å². The second kappa shape index (κ2) is 4.80. The number of nitrogens with zero attached hydrogens (tertiary/aromatic N) is 1. The quantitative estimate of drug-likeness (QED) is 0.851. The number of rotatable bonds is 2. The maximum absolute atomic E-state index is 12.2. The van der Waals surface area contributed by atoms with E-state index in [0.717, 1.165) is 23.7 Å². The van der Waals surface area contributed by atoms with Gasteiger partial charge in [-0.1, -0.05) is 19.3 Å². The Kier molecular flexibility index (Phi) is 3.00. The molecule has 2 N–H and O–H groups in total. The number of H-pyrrole nitrogens is 1. The molecule has 94 valence electrons. The van der Waals surface area contributed by atoms with Gasteiger partial charge in [-0.15, -0.1) is 0 Å². The van der Waals surface area contributed by atoms with Crippen molar-refractivity contribution in [1.82, 2.24) is 15.3 Å². The molecule has 0 aromatic carbocycles. The molecule has 0 bridgehead atoms. The van der Waals surface area contributed by atoms with Crippen LogP contribution in [0.3, 0.4) is 0 Å². The number of carbonyl (C=O) groups is 1. The van der Waals surface area contributed by atoms with Crippen LogP contribution in [0.5, 0.6) is 0 Å². The highest BCUT2D eigenvalue weighted by Crippen LogP contribution is 2.19. The van der Waals surface area contributed by atoms with Gasteiger partial charge < -0.3 is 10.3 Å². The van der Waals surface area contributed by atoms with Crippen molar-refractivity contribution >= 4 is 16.8 Å². The van der Waals surface area contributed by atoms with E-state index in [0.29, 0.717) is 11.7 Å². The molecular weight excluding hydrogens is 226 g/mol. The van der Waals surface area contributed by atoms with Crippen molar-refractivity contribution in [2.24, 2.45) is 0 Å². The van der Waals surface area contributed by atoms with Gasteiger partial charge in [0, 0.05) is 29.3 Å². The van der Waals surface area contributed by atoms with Gasteiger partial charge in [-0.05, 0) is 25.0 Å². The van der Waals surface area contributed by atoms with Crippen LogP contribution in [0.15, 0.2) is 24.5 Å². The standard InChI is InChI=1S/C14H17N3O/c18-14(17-10-4-2-1-3-5-10)13-11-6-8-15-12(11)7-9-16-13/h6-10,15H,1-5H2,(H,17,18). The van der Waals surface area contributed by atoms with E-state index in [1.807, 2.05) is 18.3 Å². The van der Waals surface area contributed by atoms with E-state index in [1.165, 1.54) is 19.3 Å². The molecule has 1 saturated carbocycles. The first-order valence-corrected chi connectivity index (χ1v) is 6.57. The Hall–Kier alpha value is -1.84. The van der Waals surface area contributed by atoms with Gasteiger partial charge in [0.1, 0.15) is 5.69 Å². The minimum atomic E-state index is -0.0490. The molecule has 0 unspecified atom stereocenters.